The van der Waals surface area contributed by atoms with Crippen molar-refractivity contribution in [2.45, 2.75) is 26.4 Å². The molecule has 1 aromatic carbocycles. The Morgan fingerprint density at radius 3 is 2.83 bits per heavy atom. The Kier molecular flexibility index (Phi) is 3.99. The van der Waals surface area contributed by atoms with Crippen LogP contribution in [0.3, 0.4) is 0 Å². The van der Waals surface area contributed by atoms with Crippen molar-refractivity contribution in [3.05, 3.63) is 40.8 Å². The van der Waals surface area contributed by atoms with Crippen LogP contribution in [-0.4, -0.2) is 11.2 Å². The molecule has 0 amide bonds. The first-order valence-corrected chi connectivity index (χ1v) is 6.08. The molecule has 0 aliphatic rings. The van der Waals surface area contributed by atoms with Gasteiger partial charge in [0.1, 0.15) is 5.82 Å². The molecule has 0 aliphatic carbocycles. The maximum absolute atomic E-state index is 12.9. The maximum Gasteiger partial charge on any atom is 0.168 e. The van der Waals surface area contributed by atoms with Gasteiger partial charge in [-0.25, -0.2) is 4.39 Å². The van der Waals surface area contributed by atoms with Gasteiger partial charge in [-0.15, -0.1) is 0 Å². The summed E-state index contributed by atoms with van der Waals surface area (Å²) in [5.41, 5.74) is 1.43. The lowest BCUT2D eigenvalue weighted by molar-refractivity contribution is 0.417. The van der Waals surface area contributed by atoms with Gasteiger partial charge in [0.15, 0.2) is 5.76 Å². The Morgan fingerprint density at radius 1 is 1.39 bits per heavy atom. The molecule has 2 rings (SSSR count). The van der Waals surface area contributed by atoms with Crippen LogP contribution >= 0.6 is 11.6 Å². The number of aromatic nitrogens is 1. The van der Waals surface area contributed by atoms with Gasteiger partial charge in [0, 0.05) is 24.2 Å². The third kappa shape index (κ3) is 3.09. The number of hydrogen-bond donors (Lipinski definition) is 1. The second-order valence-corrected chi connectivity index (χ2v) is 4.75. The number of hydrogen-bond acceptors (Lipinski definition) is 3. The van der Waals surface area contributed by atoms with Gasteiger partial charge in [-0.3, -0.25) is 0 Å². The molecule has 0 unspecified atom stereocenters. The molecule has 0 atom stereocenters. The van der Waals surface area contributed by atoms with E-state index in [0.717, 1.165) is 5.69 Å². The van der Waals surface area contributed by atoms with Crippen molar-refractivity contribution in [2.75, 3.05) is 0 Å². The monoisotopic (exact) mass is 268 g/mol. The van der Waals surface area contributed by atoms with Gasteiger partial charge < -0.3 is 9.84 Å². The molecule has 1 N–H and O–H groups in total. The van der Waals surface area contributed by atoms with Crippen LogP contribution in [0, 0.1) is 5.82 Å². The summed E-state index contributed by atoms with van der Waals surface area (Å²) in [6, 6.07) is 6.35. The summed E-state index contributed by atoms with van der Waals surface area (Å²) in [5, 5.41) is 7.49. The normalized spacial score (nSPS) is 11.2. The molecule has 0 radical (unpaired) electrons. The van der Waals surface area contributed by atoms with Crippen molar-refractivity contribution in [3.8, 4) is 11.3 Å². The van der Waals surface area contributed by atoms with E-state index in [9.17, 15) is 4.39 Å². The number of rotatable bonds is 4. The summed E-state index contributed by atoms with van der Waals surface area (Å²) in [7, 11) is 0. The van der Waals surface area contributed by atoms with Crippen LogP contribution < -0.4 is 5.32 Å². The Bertz CT molecular complexity index is 540. The Morgan fingerprint density at radius 2 is 2.17 bits per heavy atom. The Balaban J connectivity index is 2.18. The number of benzene rings is 1. The topological polar surface area (TPSA) is 38.1 Å². The van der Waals surface area contributed by atoms with E-state index in [4.69, 9.17) is 16.1 Å². The van der Waals surface area contributed by atoms with Crippen molar-refractivity contribution in [1.29, 1.82) is 0 Å². The third-order valence-electron chi connectivity index (χ3n) is 2.45. The molecule has 1 heterocycles. The molecule has 18 heavy (non-hydrogen) atoms. The van der Waals surface area contributed by atoms with E-state index >= 15 is 0 Å². The lowest BCUT2D eigenvalue weighted by Gasteiger charge is -2.03. The van der Waals surface area contributed by atoms with Crippen molar-refractivity contribution in [3.63, 3.8) is 0 Å². The van der Waals surface area contributed by atoms with E-state index in [1.807, 2.05) is 0 Å². The zero-order valence-electron chi connectivity index (χ0n) is 10.2. The fourth-order valence-electron chi connectivity index (χ4n) is 1.52. The summed E-state index contributed by atoms with van der Waals surface area (Å²) in [6.07, 6.45) is 0. The molecule has 0 bridgehead atoms. The van der Waals surface area contributed by atoms with E-state index in [2.05, 4.69) is 24.3 Å². The number of halogens is 2. The van der Waals surface area contributed by atoms with E-state index in [-0.39, 0.29) is 5.82 Å². The predicted molar refractivity (Wildman–Crippen MR) is 68.9 cm³/mol. The minimum absolute atomic E-state index is 0.314. The highest BCUT2D eigenvalue weighted by molar-refractivity contribution is 6.33. The van der Waals surface area contributed by atoms with Crippen LogP contribution in [0.2, 0.25) is 5.02 Å². The first kappa shape index (κ1) is 13.1. The molecule has 3 nitrogen and oxygen atoms in total. The SMILES string of the molecule is CC(C)NCc1cc(-c2ccc(F)cc2Cl)on1. The molecule has 96 valence electrons. The van der Waals surface area contributed by atoms with Crippen LogP contribution in [0.25, 0.3) is 11.3 Å². The summed E-state index contributed by atoms with van der Waals surface area (Å²) >= 11 is 5.96. The van der Waals surface area contributed by atoms with E-state index in [1.54, 1.807) is 12.1 Å². The predicted octanol–water partition coefficient (Wildman–Crippen LogP) is 3.63. The smallest absolute Gasteiger partial charge is 0.168 e. The molecule has 0 saturated carbocycles. The average molecular weight is 269 g/mol. The summed E-state index contributed by atoms with van der Waals surface area (Å²) < 4.78 is 18.1. The maximum atomic E-state index is 12.9. The molecular weight excluding hydrogens is 255 g/mol. The Labute approximate surface area is 110 Å². The quantitative estimate of drug-likeness (QED) is 0.920. The number of nitrogens with zero attached hydrogens (tertiary/aromatic N) is 1. The van der Waals surface area contributed by atoms with E-state index in [1.165, 1.54) is 12.1 Å². The Hall–Kier alpha value is -1.39. The van der Waals surface area contributed by atoms with Crippen LogP contribution in [0.4, 0.5) is 4.39 Å². The fourth-order valence-corrected chi connectivity index (χ4v) is 1.78. The van der Waals surface area contributed by atoms with Crippen molar-refractivity contribution >= 4 is 11.6 Å². The lowest BCUT2D eigenvalue weighted by Crippen LogP contribution is -2.21. The summed E-state index contributed by atoms with van der Waals surface area (Å²) in [5.74, 6) is 0.172. The zero-order valence-corrected chi connectivity index (χ0v) is 11.0. The minimum atomic E-state index is -0.370. The summed E-state index contributed by atoms with van der Waals surface area (Å²) in [4.78, 5) is 0. The minimum Gasteiger partial charge on any atom is -0.356 e. The van der Waals surface area contributed by atoms with Gasteiger partial charge in [0.2, 0.25) is 0 Å². The molecule has 0 spiro atoms. The van der Waals surface area contributed by atoms with Gasteiger partial charge in [0.25, 0.3) is 0 Å². The van der Waals surface area contributed by atoms with Gasteiger partial charge in [-0.05, 0) is 18.2 Å². The fraction of sp³-hybridized carbons (Fsp3) is 0.308. The molecular formula is C13H14ClFN2O. The van der Waals surface area contributed by atoms with Crippen LogP contribution in [0.5, 0.6) is 0 Å². The van der Waals surface area contributed by atoms with Crippen molar-refractivity contribution in [1.82, 2.24) is 10.5 Å². The van der Waals surface area contributed by atoms with Crippen LogP contribution in [0.15, 0.2) is 28.8 Å². The highest BCUT2D eigenvalue weighted by Crippen LogP contribution is 2.28. The van der Waals surface area contributed by atoms with Gasteiger partial charge in [-0.1, -0.05) is 30.6 Å². The molecule has 0 saturated heterocycles. The average Bonchev–Trinajstić information content (AvgIpc) is 2.75. The van der Waals surface area contributed by atoms with Gasteiger partial charge in [0.05, 0.1) is 10.7 Å². The zero-order chi connectivity index (χ0) is 13.1. The van der Waals surface area contributed by atoms with Crippen LogP contribution in [-0.2, 0) is 6.54 Å². The van der Waals surface area contributed by atoms with E-state index in [0.29, 0.717) is 28.9 Å². The highest BCUT2D eigenvalue weighted by Gasteiger charge is 2.11. The largest absolute Gasteiger partial charge is 0.356 e. The van der Waals surface area contributed by atoms with Crippen LogP contribution in [0.1, 0.15) is 19.5 Å². The molecule has 0 aliphatic heterocycles. The first-order chi connectivity index (χ1) is 8.56. The van der Waals surface area contributed by atoms with E-state index < -0.39 is 0 Å². The second-order valence-electron chi connectivity index (χ2n) is 4.34. The first-order valence-electron chi connectivity index (χ1n) is 5.70. The second kappa shape index (κ2) is 5.50. The molecule has 5 heteroatoms. The summed E-state index contributed by atoms with van der Waals surface area (Å²) in [6.45, 7) is 4.73. The van der Waals surface area contributed by atoms with Gasteiger partial charge >= 0.3 is 0 Å². The van der Waals surface area contributed by atoms with Crippen molar-refractivity contribution in [2.24, 2.45) is 0 Å². The molecule has 0 fully saturated rings. The van der Waals surface area contributed by atoms with Crippen molar-refractivity contribution < 1.29 is 8.91 Å². The molecule has 1 aromatic heterocycles. The highest BCUT2D eigenvalue weighted by atomic mass is 35.5. The van der Waals surface area contributed by atoms with Gasteiger partial charge in [-0.2, -0.15) is 0 Å². The lowest BCUT2D eigenvalue weighted by atomic mass is 10.1. The third-order valence-corrected chi connectivity index (χ3v) is 2.76. The molecule has 2 aromatic rings. The standard InChI is InChI=1S/C13H14ClFN2O/c1-8(2)16-7-10-6-13(18-17-10)11-4-3-9(15)5-12(11)14/h3-6,8,16H,7H2,1-2H3. The number of nitrogens with one attached hydrogen (secondary N) is 1.